The van der Waals surface area contributed by atoms with E-state index in [1.807, 2.05) is 66.5 Å². The molecule has 236 valence electrons. The maximum Gasteiger partial charge on any atom is 0.320 e. The number of rotatable bonds is 21. The quantitative estimate of drug-likeness (QED) is 0.110. The van der Waals surface area contributed by atoms with Crippen molar-refractivity contribution >= 4 is 17.8 Å². The second kappa shape index (κ2) is 19.2. The minimum atomic E-state index is -0.711. The summed E-state index contributed by atoms with van der Waals surface area (Å²) in [5.41, 5.74) is 7.40. The molecule has 0 bridgehead atoms. The first-order valence-corrected chi connectivity index (χ1v) is 14.6. The van der Waals surface area contributed by atoms with Crippen LogP contribution >= 0.6 is 0 Å². The Morgan fingerprint density at radius 2 is 0.932 bits per heavy atom. The minimum absolute atomic E-state index is 0.0335. The second-order valence-electron chi connectivity index (χ2n) is 9.91. The molecular formula is C34H42N2O8. The van der Waals surface area contributed by atoms with Crippen LogP contribution in [0.25, 0.3) is 0 Å². The van der Waals surface area contributed by atoms with Crippen molar-refractivity contribution in [2.75, 3.05) is 66.4 Å². The Kier molecular flexibility index (Phi) is 15.0. The molecule has 44 heavy (non-hydrogen) atoms. The predicted molar refractivity (Wildman–Crippen MR) is 165 cm³/mol. The van der Waals surface area contributed by atoms with Gasteiger partial charge in [0.25, 0.3) is 0 Å². The van der Waals surface area contributed by atoms with E-state index in [1.165, 1.54) is 0 Å². The predicted octanol–water partition coefficient (Wildman–Crippen LogP) is 3.31. The number of nitrogens with zero attached hydrogens (tertiary/aromatic N) is 1. The molecule has 0 heterocycles. The highest BCUT2D eigenvalue weighted by atomic mass is 16.6. The van der Waals surface area contributed by atoms with Crippen LogP contribution in [0.3, 0.4) is 0 Å². The van der Waals surface area contributed by atoms with Crippen molar-refractivity contribution in [2.24, 2.45) is 5.73 Å². The van der Waals surface area contributed by atoms with Crippen molar-refractivity contribution in [1.82, 2.24) is 4.90 Å². The molecule has 0 fully saturated rings. The molecule has 0 radical (unpaired) electrons. The van der Waals surface area contributed by atoms with E-state index < -0.39 is 17.4 Å². The van der Waals surface area contributed by atoms with E-state index in [-0.39, 0.29) is 51.8 Å². The molecule has 3 rings (SSSR count). The fraction of sp³-hybridized carbons (Fsp3) is 0.382. The van der Waals surface area contributed by atoms with Gasteiger partial charge in [0.1, 0.15) is 13.2 Å². The molecule has 0 saturated carbocycles. The lowest BCUT2D eigenvalue weighted by Gasteiger charge is -2.43. The summed E-state index contributed by atoms with van der Waals surface area (Å²) in [6, 6.07) is 30.5. The van der Waals surface area contributed by atoms with E-state index in [4.69, 9.17) is 29.4 Å². The summed E-state index contributed by atoms with van der Waals surface area (Å²) >= 11 is 0. The average Bonchev–Trinajstić information content (AvgIpc) is 3.04. The third-order valence-corrected chi connectivity index (χ3v) is 6.81. The van der Waals surface area contributed by atoms with Crippen LogP contribution in [0.2, 0.25) is 0 Å². The monoisotopic (exact) mass is 606 g/mol. The van der Waals surface area contributed by atoms with Crippen molar-refractivity contribution < 1.29 is 38.1 Å². The van der Waals surface area contributed by atoms with Gasteiger partial charge >= 0.3 is 11.9 Å². The molecule has 0 spiro atoms. The SMILES string of the molecule is CN(CC(=O)OCCOCCOCCOCCOC(=O)CCC(N)=O)C(c1ccccc1)(c1ccccc1)c1ccccc1. The molecule has 0 aromatic heterocycles. The summed E-state index contributed by atoms with van der Waals surface area (Å²) in [4.78, 5) is 37.0. The molecular weight excluding hydrogens is 564 g/mol. The number of benzene rings is 3. The van der Waals surface area contributed by atoms with Crippen LogP contribution in [0.15, 0.2) is 91.0 Å². The van der Waals surface area contributed by atoms with Gasteiger partial charge in [-0.25, -0.2) is 0 Å². The first kappa shape index (κ1) is 34.4. The molecule has 10 nitrogen and oxygen atoms in total. The fourth-order valence-corrected chi connectivity index (χ4v) is 4.83. The second-order valence-corrected chi connectivity index (χ2v) is 9.91. The first-order chi connectivity index (χ1) is 21.4. The van der Waals surface area contributed by atoms with Gasteiger partial charge in [-0.1, -0.05) is 91.0 Å². The lowest BCUT2D eigenvalue weighted by atomic mass is 9.76. The molecule has 3 aromatic rings. The molecule has 0 atom stereocenters. The third-order valence-electron chi connectivity index (χ3n) is 6.81. The number of hydrogen-bond donors (Lipinski definition) is 1. The highest BCUT2D eigenvalue weighted by molar-refractivity contribution is 5.79. The van der Waals surface area contributed by atoms with E-state index in [9.17, 15) is 14.4 Å². The van der Waals surface area contributed by atoms with Crippen LogP contribution in [-0.4, -0.2) is 89.2 Å². The number of likely N-dealkylation sites (N-methyl/N-ethyl adjacent to an activating group) is 1. The van der Waals surface area contributed by atoms with Gasteiger partial charge in [-0.15, -0.1) is 0 Å². The zero-order valence-electron chi connectivity index (χ0n) is 25.2. The number of carbonyl (C=O) groups is 3. The molecule has 1 amide bonds. The number of amides is 1. The fourth-order valence-electron chi connectivity index (χ4n) is 4.83. The van der Waals surface area contributed by atoms with Crippen LogP contribution in [-0.2, 0) is 43.6 Å². The van der Waals surface area contributed by atoms with E-state index in [1.54, 1.807) is 0 Å². The van der Waals surface area contributed by atoms with Gasteiger partial charge in [0.2, 0.25) is 5.91 Å². The molecule has 0 aliphatic carbocycles. The summed E-state index contributed by atoms with van der Waals surface area (Å²) in [6.45, 7) is 2.15. The van der Waals surface area contributed by atoms with Gasteiger partial charge in [0, 0.05) is 6.42 Å². The Morgan fingerprint density at radius 3 is 1.32 bits per heavy atom. The minimum Gasteiger partial charge on any atom is -0.463 e. The van der Waals surface area contributed by atoms with E-state index >= 15 is 0 Å². The number of ether oxygens (including phenoxy) is 5. The van der Waals surface area contributed by atoms with E-state index in [0.29, 0.717) is 26.4 Å². The number of primary amides is 1. The Bertz CT molecular complexity index is 1160. The summed E-state index contributed by atoms with van der Waals surface area (Å²) in [5, 5.41) is 0. The Balaban J connectivity index is 1.38. The Labute approximate surface area is 259 Å². The maximum atomic E-state index is 13.0. The molecule has 2 N–H and O–H groups in total. The van der Waals surface area contributed by atoms with E-state index in [0.717, 1.165) is 16.7 Å². The third kappa shape index (κ3) is 10.9. The molecule has 0 aliphatic heterocycles. The summed E-state index contributed by atoms with van der Waals surface area (Å²) in [6.07, 6.45) is -0.0690. The summed E-state index contributed by atoms with van der Waals surface area (Å²) < 4.78 is 26.7. The van der Waals surface area contributed by atoms with Gasteiger partial charge in [0.05, 0.1) is 58.1 Å². The largest absolute Gasteiger partial charge is 0.463 e. The number of esters is 2. The molecule has 0 unspecified atom stereocenters. The Morgan fingerprint density at radius 1 is 0.568 bits per heavy atom. The molecule has 0 aliphatic rings. The van der Waals surface area contributed by atoms with Gasteiger partial charge in [-0.05, 0) is 23.7 Å². The molecule has 0 saturated heterocycles. The lowest BCUT2D eigenvalue weighted by molar-refractivity contribution is -0.147. The number of hydrogen-bond acceptors (Lipinski definition) is 9. The molecule has 3 aromatic carbocycles. The van der Waals surface area contributed by atoms with Crippen molar-refractivity contribution in [2.45, 2.75) is 18.4 Å². The van der Waals surface area contributed by atoms with Gasteiger partial charge in [-0.3, -0.25) is 19.3 Å². The highest BCUT2D eigenvalue weighted by Crippen LogP contribution is 2.41. The topological polar surface area (TPSA) is 127 Å². The van der Waals surface area contributed by atoms with E-state index in [2.05, 4.69) is 36.4 Å². The highest BCUT2D eigenvalue weighted by Gasteiger charge is 2.41. The van der Waals surface area contributed by atoms with Crippen LogP contribution in [0, 0.1) is 0 Å². The Hall–Kier alpha value is -4.09. The van der Waals surface area contributed by atoms with Crippen LogP contribution in [0.5, 0.6) is 0 Å². The maximum absolute atomic E-state index is 13.0. The average molecular weight is 607 g/mol. The molecule has 10 heteroatoms. The van der Waals surface area contributed by atoms with Gasteiger partial charge in [-0.2, -0.15) is 0 Å². The first-order valence-electron chi connectivity index (χ1n) is 14.6. The summed E-state index contributed by atoms with van der Waals surface area (Å²) in [7, 11) is 1.94. The lowest BCUT2D eigenvalue weighted by Crippen LogP contribution is -2.48. The van der Waals surface area contributed by atoms with Crippen molar-refractivity contribution in [1.29, 1.82) is 0 Å². The van der Waals surface area contributed by atoms with Crippen LogP contribution in [0.1, 0.15) is 29.5 Å². The normalized spacial score (nSPS) is 11.3. The number of carbonyl (C=O) groups excluding carboxylic acids is 3. The van der Waals surface area contributed by atoms with Crippen molar-refractivity contribution in [3.63, 3.8) is 0 Å². The van der Waals surface area contributed by atoms with Crippen LogP contribution in [0.4, 0.5) is 0 Å². The zero-order valence-corrected chi connectivity index (χ0v) is 25.2. The number of nitrogens with two attached hydrogens (primary N) is 1. The van der Waals surface area contributed by atoms with Gasteiger partial charge < -0.3 is 29.4 Å². The zero-order chi connectivity index (χ0) is 31.5. The van der Waals surface area contributed by atoms with Crippen molar-refractivity contribution in [3.8, 4) is 0 Å². The summed E-state index contributed by atoms with van der Waals surface area (Å²) in [5.74, 6) is -1.38. The smallest absolute Gasteiger partial charge is 0.320 e. The van der Waals surface area contributed by atoms with Crippen LogP contribution < -0.4 is 5.73 Å². The van der Waals surface area contributed by atoms with Crippen molar-refractivity contribution in [3.05, 3.63) is 108 Å². The standard InChI is InChI=1S/C34H42N2O8/c1-36(34(28-11-5-2-6-12-28,29-13-7-3-8-14-29)30-15-9-4-10-16-30)27-33(39)44-26-24-42-22-20-40-19-21-41-23-25-43-32(38)18-17-31(35)37/h2-16H,17-27H2,1H3,(H2,35,37). The van der Waals surface area contributed by atoms with Gasteiger partial charge in [0.15, 0.2) is 0 Å².